The van der Waals surface area contributed by atoms with Gasteiger partial charge in [0.15, 0.2) is 0 Å². The predicted octanol–water partition coefficient (Wildman–Crippen LogP) is 2.05. The first-order valence-corrected chi connectivity index (χ1v) is 6.39. The lowest BCUT2D eigenvalue weighted by Gasteiger charge is -2.17. The van der Waals surface area contributed by atoms with Gasteiger partial charge in [0.25, 0.3) is 0 Å². The maximum absolute atomic E-state index is 11.3. The number of methoxy groups -OCH3 is 2. The van der Waals surface area contributed by atoms with E-state index in [0.29, 0.717) is 12.8 Å². The fraction of sp³-hybridized carbons (Fsp3) is 0.533. The van der Waals surface area contributed by atoms with Crippen LogP contribution in [0, 0.1) is 20.8 Å². The van der Waals surface area contributed by atoms with Gasteiger partial charge in [-0.1, -0.05) is 6.07 Å². The van der Waals surface area contributed by atoms with Crippen molar-refractivity contribution in [2.24, 2.45) is 5.73 Å². The Bertz CT molecular complexity index is 469. The molecule has 0 aliphatic rings. The average Bonchev–Trinajstić information content (AvgIpc) is 2.39. The lowest BCUT2D eigenvalue weighted by molar-refractivity contribution is -0.142. The second-order valence-electron chi connectivity index (χ2n) is 4.82. The van der Waals surface area contributed by atoms with Crippen LogP contribution in [0.3, 0.4) is 0 Å². The van der Waals surface area contributed by atoms with Crippen molar-refractivity contribution in [1.82, 2.24) is 0 Å². The molecule has 19 heavy (non-hydrogen) atoms. The first-order valence-electron chi connectivity index (χ1n) is 6.39. The first-order chi connectivity index (χ1) is 8.92. The fourth-order valence-electron chi connectivity index (χ4n) is 2.26. The minimum absolute atomic E-state index is 0.375. The van der Waals surface area contributed by atoms with Crippen molar-refractivity contribution in [1.29, 1.82) is 0 Å². The van der Waals surface area contributed by atoms with Crippen LogP contribution in [-0.2, 0) is 16.0 Å². The van der Waals surface area contributed by atoms with E-state index in [4.69, 9.17) is 10.5 Å². The number of rotatable bonds is 5. The molecule has 0 saturated carbocycles. The molecule has 0 fully saturated rings. The zero-order chi connectivity index (χ0) is 14.6. The number of aryl methyl sites for hydroxylation is 2. The third kappa shape index (κ3) is 3.47. The zero-order valence-corrected chi connectivity index (χ0v) is 12.4. The van der Waals surface area contributed by atoms with E-state index in [0.717, 1.165) is 22.4 Å². The van der Waals surface area contributed by atoms with Crippen molar-refractivity contribution in [2.75, 3.05) is 14.2 Å². The number of carbonyl (C=O) groups excluding carboxylic acids is 1. The average molecular weight is 265 g/mol. The molecule has 0 heterocycles. The topological polar surface area (TPSA) is 61.5 Å². The predicted molar refractivity (Wildman–Crippen MR) is 75.5 cm³/mol. The fourth-order valence-corrected chi connectivity index (χ4v) is 2.26. The molecule has 0 spiro atoms. The molecule has 1 atom stereocenters. The van der Waals surface area contributed by atoms with Gasteiger partial charge in [0.2, 0.25) is 0 Å². The Morgan fingerprint density at radius 3 is 2.42 bits per heavy atom. The molecular weight excluding hydrogens is 242 g/mol. The van der Waals surface area contributed by atoms with Crippen molar-refractivity contribution in [3.05, 3.63) is 28.3 Å². The Morgan fingerprint density at radius 1 is 1.26 bits per heavy atom. The maximum Gasteiger partial charge on any atom is 0.322 e. The Balaban J connectivity index is 2.95. The van der Waals surface area contributed by atoms with Crippen LogP contribution in [0.4, 0.5) is 0 Å². The molecule has 0 aliphatic carbocycles. The molecular formula is C15H23NO3. The molecule has 1 aromatic carbocycles. The summed E-state index contributed by atoms with van der Waals surface area (Å²) in [6, 6.07) is 1.55. The van der Waals surface area contributed by atoms with Gasteiger partial charge < -0.3 is 15.2 Å². The highest BCUT2D eigenvalue weighted by Crippen LogP contribution is 2.30. The van der Waals surface area contributed by atoms with E-state index in [2.05, 4.69) is 17.7 Å². The summed E-state index contributed by atoms with van der Waals surface area (Å²) < 4.78 is 10.1. The largest absolute Gasteiger partial charge is 0.496 e. The van der Waals surface area contributed by atoms with Crippen LogP contribution in [0.2, 0.25) is 0 Å². The maximum atomic E-state index is 11.3. The van der Waals surface area contributed by atoms with Gasteiger partial charge in [0.1, 0.15) is 11.8 Å². The number of carbonyl (C=O) groups is 1. The Morgan fingerprint density at radius 2 is 1.89 bits per heavy atom. The van der Waals surface area contributed by atoms with Gasteiger partial charge in [-0.25, -0.2) is 0 Å². The second-order valence-corrected chi connectivity index (χ2v) is 4.82. The van der Waals surface area contributed by atoms with Crippen LogP contribution < -0.4 is 10.5 Å². The number of hydrogen-bond acceptors (Lipinski definition) is 4. The van der Waals surface area contributed by atoms with Gasteiger partial charge in [0.05, 0.1) is 14.2 Å². The van der Waals surface area contributed by atoms with Gasteiger partial charge in [-0.15, -0.1) is 0 Å². The minimum atomic E-state index is -0.587. The highest BCUT2D eigenvalue weighted by molar-refractivity contribution is 5.75. The zero-order valence-electron chi connectivity index (χ0n) is 12.4. The van der Waals surface area contributed by atoms with E-state index in [1.165, 1.54) is 12.7 Å². The Kier molecular flexibility index (Phi) is 5.36. The van der Waals surface area contributed by atoms with Crippen LogP contribution in [0.1, 0.15) is 28.7 Å². The summed E-state index contributed by atoms with van der Waals surface area (Å²) in [6.07, 6.45) is 1.25. The Labute approximate surface area is 114 Å². The van der Waals surface area contributed by atoms with Crippen molar-refractivity contribution < 1.29 is 14.3 Å². The third-order valence-corrected chi connectivity index (χ3v) is 3.53. The summed E-state index contributed by atoms with van der Waals surface area (Å²) in [4.78, 5) is 11.3. The van der Waals surface area contributed by atoms with E-state index < -0.39 is 6.04 Å². The van der Waals surface area contributed by atoms with Crippen LogP contribution in [0.15, 0.2) is 6.07 Å². The van der Waals surface area contributed by atoms with E-state index in [1.54, 1.807) is 7.11 Å². The number of ether oxygens (including phenoxy) is 2. The van der Waals surface area contributed by atoms with Crippen molar-refractivity contribution >= 4 is 5.97 Å². The van der Waals surface area contributed by atoms with Crippen LogP contribution >= 0.6 is 0 Å². The quantitative estimate of drug-likeness (QED) is 0.828. The lowest BCUT2D eigenvalue weighted by atomic mass is 9.94. The second kappa shape index (κ2) is 6.57. The summed E-state index contributed by atoms with van der Waals surface area (Å²) in [5.74, 6) is 0.523. The number of esters is 1. The van der Waals surface area contributed by atoms with Gasteiger partial charge in [-0.05, 0) is 55.9 Å². The summed E-state index contributed by atoms with van der Waals surface area (Å²) >= 11 is 0. The molecule has 0 radical (unpaired) electrons. The smallest absolute Gasteiger partial charge is 0.322 e. The third-order valence-electron chi connectivity index (χ3n) is 3.53. The molecule has 1 aromatic rings. The van der Waals surface area contributed by atoms with E-state index in [1.807, 2.05) is 13.8 Å². The van der Waals surface area contributed by atoms with Gasteiger partial charge in [-0.3, -0.25) is 4.79 Å². The van der Waals surface area contributed by atoms with Crippen LogP contribution in [0.5, 0.6) is 5.75 Å². The molecule has 0 saturated heterocycles. The van der Waals surface area contributed by atoms with E-state index >= 15 is 0 Å². The highest BCUT2D eigenvalue weighted by Gasteiger charge is 2.17. The summed E-state index contributed by atoms with van der Waals surface area (Å²) in [6.45, 7) is 6.15. The molecule has 1 rings (SSSR count). The normalized spacial score (nSPS) is 12.1. The molecule has 1 unspecified atom stereocenters. The van der Waals surface area contributed by atoms with E-state index in [9.17, 15) is 4.79 Å². The van der Waals surface area contributed by atoms with Gasteiger partial charge in [0, 0.05) is 0 Å². The SMILES string of the molecule is COC(=O)C(N)CCc1c(C)cc(C)c(C)c1OC. The highest BCUT2D eigenvalue weighted by atomic mass is 16.5. The molecule has 0 bridgehead atoms. The summed E-state index contributed by atoms with van der Waals surface area (Å²) in [5.41, 5.74) is 10.4. The molecule has 4 heteroatoms. The van der Waals surface area contributed by atoms with Crippen LogP contribution in [0.25, 0.3) is 0 Å². The monoisotopic (exact) mass is 265 g/mol. The summed E-state index contributed by atoms with van der Waals surface area (Å²) in [5, 5.41) is 0. The number of benzene rings is 1. The molecule has 0 aromatic heterocycles. The standard InChI is InChI=1S/C15H23NO3/c1-9-8-10(2)12(14(18-4)11(9)3)6-7-13(16)15(17)19-5/h8,13H,6-7,16H2,1-5H3. The first kappa shape index (κ1) is 15.5. The lowest BCUT2D eigenvalue weighted by Crippen LogP contribution is -2.32. The van der Waals surface area contributed by atoms with Crippen molar-refractivity contribution in [3.63, 3.8) is 0 Å². The molecule has 106 valence electrons. The van der Waals surface area contributed by atoms with E-state index in [-0.39, 0.29) is 5.97 Å². The van der Waals surface area contributed by atoms with Crippen molar-refractivity contribution in [3.8, 4) is 5.75 Å². The molecule has 0 aliphatic heterocycles. The summed E-state index contributed by atoms with van der Waals surface area (Å²) in [7, 11) is 3.02. The Hall–Kier alpha value is -1.55. The van der Waals surface area contributed by atoms with Crippen molar-refractivity contribution in [2.45, 2.75) is 39.7 Å². The molecule has 0 amide bonds. The van der Waals surface area contributed by atoms with Gasteiger partial charge in [-0.2, -0.15) is 0 Å². The molecule has 2 N–H and O–H groups in total. The number of hydrogen-bond donors (Lipinski definition) is 1. The molecule has 4 nitrogen and oxygen atoms in total. The minimum Gasteiger partial charge on any atom is -0.496 e. The van der Waals surface area contributed by atoms with Crippen LogP contribution in [-0.4, -0.2) is 26.2 Å². The number of nitrogens with two attached hydrogens (primary N) is 1. The van der Waals surface area contributed by atoms with Gasteiger partial charge >= 0.3 is 5.97 Å².